The molecule has 3 rings (SSSR count). The molecule has 0 N–H and O–H groups in total. The Morgan fingerprint density at radius 2 is 1.70 bits per heavy atom. The lowest BCUT2D eigenvalue weighted by Crippen LogP contribution is -2.42. The van der Waals surface area contributed by atoms with Crippen LogP contribution in [-0.2, 0) is 16.1 Å². The highest BCUT2D eigenvalue weighted by Crippen LogP contribution is 2.27. The molecule has 6 heteroatoms. The number of para-hydroxylation sites is 1. The van der Waals surface area contributed by atoms with E-state index in [0.29, 0.717) is 32.0 Å². The lowest BCUT2D eigenvalue weighted by Gasteiger charge is -2.33. The fraction of sp³-hybridized carbons (Fsp3) is 0.667. The second kappa shape index (κ2) is 9.71. The van der Waals surface area contributed by atoms with Gasteiger partial charge in [-0.2, -0.15) is 0 Å². The molecule has 0 aliphatic carbocycles. The Morgan fingerprint density at radius 3 is 2.33 bits per heavy atom. The van der Waals surface area contributed by atoms with Gasteiger partial charge in [-0.3, -0.25) is 4.79 Å². The van der Waals surface area contributed by atoms with Gasteiger partial charge in [0.05, 0.1) is 0 Å². The van der Waals surface area contributed by atoms with Crippen molar-refractivity contribution in [2.75, 3.05) is 38.1 Å². The number of carbonyl (C=O) groups is 2. The van der Waals surface area contributed by atoms with Gasteiger partial charge >= 0.3 is 6.09 Å². The molecule has 0 radical (unpaired) electrons. The third-order valence-electron chi connectivity index (χ3n) is 6.00. The van der Waals surface area contributed by atoms with E-state index in [4.69, 9.17) is 4.74 Å². The molecule has 2 aliphatic rings. The molecule has 6 nitrogen and oxygen atoms in total. The molecule has 0 saturated carbocycles. The first-order chi connectivity index (χ1) is 14.2. The number of anilines is 1. The molecule has 2 saturated heterocycles. The van der Waals surface area contributed by atoms with Crippen molar-refractivity contribution in [3.8, 4) is 0 Å². The minimum atomic E-state index is -0.474. The van der Waals surface area contributed by atoms with Gasteiger partial charge in [-0.15, -0.1) is 0 Å². The van der Waals surface area contributed by atoms with Crippen LogP contribution in [-0.4, -0.2) is 60.6 Å². The minimum absolute atomic E-state index is 0.182. The van der Waals surface area contributed by atoms with E-state index < -0.39 is 5.60 Å². The Labute approximate surface area is 181 Å². The van der Waals surface area contributed by atoms with Gasteiger partial charge in [-0.05, 0) is 64.0 Å². The van der Waals surface area contributed by atoms with Crippen LogP contribution in [0.25, 0.3) is 0 Å². The van der Waals surface area contributed by atoms with Crippen molar-refractivity contribution in [2.45, 2.75) is 65.0 Å². The molecule has 1 aromatic carbocycles. The van der Waals surface area contributed by atoms with Crippen LogP contribution in [0.5, 0.6) is 0 Å². The largest absolute Gasteiger partial charge is 0.444 e. The lowest BCUT2D eigenvalue weighted by molar-refractivity contribution is -0.131. The van der Waals surface area contributed by atoms with Gasteiger partial charge in [0.1, 0.15) is 5.60 Å². The predicted octanol–water partition coefficient (Wildman–Crippen LogP) is 4.28. The molecule has 2 amide bonds. The van der Waals surface area contributed by atoms with Crippen LogP contribution >= 0.6 is 0 Å². The number of ether oxygens (including phenoxy) is 1. The van der Waals surface area contributed by atoms with E-state index in [1.165, 1.54) is 24.1 Å². The number of nitrogens with zero attached hydrogens (tertiary/aromatic N) is 3. The Balaban J connectivity index is 1.48. The summed E-state index contributed by atoms with van der Waals surface area (Å²) in [6.07, 6.45) is 4.48. The van der Waals surface area contributed by atoms with Crippen LogP contribution in [0.2, 0.25) is 0 Å². The Bertz CT molecular complexity index is 729. The highest BCUT2D eigenvalue weighted by molar-refractivity contribution is 5.76. The zero-order valence-corrected chi connectivity index (χ0v) is 19.0. The molecule has 30 heavy (non-hydrogen) atoms. The monoisotopic (exact) mass is 415 g/mol. The Kier molecular flexibility index (Phi) is 7.27. The van der Waals surface area contributed by atoms with Gasteiger partial charge < -0.3 is 19.4 Å². The summed E-state index contributed by atoms with van der Waals surface area (Å²) in [7, 11) is 1.90. The molecular weight excluding hydrogens is 378 g/mol. The summed E-state index contributed by atoms with van der Waals surface area (Å²) in [6.45, 7) is 9.82. The second-order valence-electron chi connectivity index (χ2n) is 9.69. The van der Waals surface area contributed by atoms with E-state index in [1.807, 2.05) is 32.7 Å². The maximum absolute atomic E-state index is 12.9. The SMILES string of the molecule is CN(Cc1ccccc1N1CCCC1)C(=O)CC1CCN(C(=O)OC(C)(C)C)CC1. The zero-order valence-electron chi connectivity index (χ0n) is 19.0. The van der Waals surface area contributed by atoms with Gasteiger partial charge in [-0.25, -0.2) is 4.79 Å². The van der Waals surface area contributed by atoms with Crippen molar-refractivity contribution >= 4 is 17.7 Å². The van der Waals surface area contributed by atoms with E-state index in [9.17, 15) is 9.59 Å². The molecule has 0 unspecified atom stereocenters. The molecule has 2 aliphatic heterocycles. The molecule has 0 aromatic heterocycles. The van der Waals surface area contributed by atoms with Crippen molar-refractivity contribution < 1.29 is 14.3 Å². The van der Waals surface area contributed by atoms with E-state index >= 15 is 0 Å². The highest BCUT2D eigenvalue weighted by Gasteiger charge is 2.28. The summed E-state index contributed by atoms with van der Waals surface area (Å²) in [5.41, 5.74) is 2.01. The molecule has 1 aromatic rings. The molecule has 2 heterocycles. The number of hydrogen-bond acceptors (Lipinski definition) is 4. The summed E-state index contributed by atoms with van der Waals surface area (Å²) in [6, 6.07) is 8.44. The van der Waals surface area contributed by atoms with Gasteiger partial charge in [0, 0.05) is 51.9 Å². The maximum atomic E-state index is 12.9. The first-order valence-electron chi connectivity index (χ1n) is 11.3. The fourth-order valence-corrected chi connectivity index (χ4v) is 4.30. The highest BCUT2D eigenvalue weighted by atomic mass is 16.6. The first-order valence-corrected chi connectivity index (χ1v) is 11.3. The summed E-state index contributed by atoms with van der Waals surface area (Å²) in [5.74, 6) is 0.509. The number of amides is 2. The van der Waals surface area contributed by atoms with E-state index in [0.717, 1.165) is 25.9 Å². The van der Waals surface area contributed by atoms with Crippen LogP contribution in [0.1, 0.15) is 58.4 Å². The molecule has 166 valence electrons. The molecule has 0 spiro atoms. The van der Waals surface area contributed by atoms with Crippen molar-refractivity contribution in [2.24, 2.45) is 5.92 Å². The van der Waals surface area contributed by atoms with Gasteiger partial charge in [0.2, 0.25) is 5.91 Å². The van der Waals surface area contributed by atoms with E-state index in [-0.39, 0.29) is 12.0 Å². The normalized spacial score (nSPS) is 17.9. The van der Waals surface area contributed by atoms with Crippen LogP contribution in [0.15, 0.2) is 24.3 Å². The summed E-state index contributed by atoms with van der Waals surface area (Å²) in [4.78, 5) is 31.1. The van der Waals surface area contributed by atoms with Crippen LogP contribution in [0.4, 0.5) is 10.5 Å². The Hall–Kier alpha value is -2.24. The fourth-order valence-electron chi connectivity index (χ4n) is 4.30. The average Bonchev–Trinajstić information content (AvgIpc) is 3.22. The summed E-state index contributed by atoms with van der Waals surface area (Å²) >= 11 is 0. The smallest absolute Gasteiger partial charge is 0.410 e. The van der Waals surface area contributed by atoms with Gasteiger partial charge in [-0.1, -0.05) is 18.2 Å². The minimum Gasteiger partial charge on any atom is -0.444 e. The third kappa shape index (κ3) is 6.13. The number of likely N-dealkylation sites (tertiary alicyclic amines) is 1. The van der Waals surface area contributed by atoms with Crippen LogP contribution < -0.4 is 4.90 Å². The van der Waals surface area contributed by atoms with Gasteiger partial charge in [0.25, 0.3) is 0 Å². The van der Waals surface area contributed by atoms with Crippen LogP contribution in [0.3, 0.4) is 0 Å². The number of hydrogen-bond donors (Lipinski definition) is 0. The maximum Gasteiger partial charge on any atom is 0.410 e. The number of benzene rings is 1. The van der Waals surface area contributed by atoms with Crippen LogP contribution in [0, 0.1) is 5.92 Å². The van der Waals surface area contributed by atoms with Gasteiger partial charge in [0.15, 0.2) is 0 Å². The number of piperidine rings is 1. The molecule has 0 atom stereocenters. The summed E-state index contributed by atoms with van der Waals surface area (Å²) in [5, 5.41) is 0. The predicted molar refractivity (Wildman–Crippen MR) is 120 cm³/mol. The van der Waals surface area contributed by atoms with E-state index in [1.54, 1.807) is 4.90 Å². The quantitative estimate of drug-likeness (QED) is 0.720. The number of carbonyl (C=O) groups excluding carboxylic acids is 2. The Morgan fingerprint density at radius 1 is 1.07 bits per heavy atom. The van der Waals surface area contributed by atoms with Crippen molar-refractivity contribution in [1.29, 1.82) is 0 Å². The second-order valence-corrected chi connectivity index (χ2v) is 9.69. The molecule has 2 fully saturated rings. The summed E-state index contributed by atoms with van der Waals surface area (Å²) < 4.78 is 5.46. The first kappa shape index (κ1) is 22.4. The standard InChI is InChI=1S/C24H37N3O3/c1-24(2,3)30-23(29)27-15-11-19(12-16-27)17-22(28)25(4)18-20-9-5-6-10-21(20)26-13-7-8-14-26/h5-6,9-10,19H,7-8,11-18H2,1-4H3. The average molecular weight is 416 g/mol. The third-order valence-corrected chi connectivity index (χ3v) is 6.00. The lowest BCUT2D eigenvalue weighted by atomic mass is 9.93. The van der Waals surface area contributed by atoms with E-state index in [2.05, 4.69) is 29.2 Å². The number of rotatable bonds is 5. The molecule has 0 bridgehead atoms. The van der Waals surface area contributed by atoms with Crippen molar-refractivity contribution in [3.63, 3.8) is 0 Å². The zero-order chi connectivity index (χ0) is 21.7. The van der Waals surface area contributed by atoms with Crippen molar-refractivity contribution in [1.82, 2.24) is 9.80 Å². The molecular formula is C24H37N3O3. The van der Waals surface area contributed by atoms with Crippen molar-refractivity contribution in [3.05, 3.63) is 29.8 Å². The topological polar surface area (TPSA) is 53.1 Å².